The smallest absolute Gasteiger partial charge is 0.319 e. The molecule has 0 radical (unpaired) electrons. The number of hydrogen-bond donors (Lipinski definition) is 4. The van der Waals surface area contributed by atoms with E-state index < -0.39 is 11.8 Å². The maximum Gasteiger partial charge on any atom is 0.319 e. The van der Waals surface area contributed by atoms with E-state index in [0.29, 0.717) is 36.2 Å². The van der Waals surface area contributed by atoms with Crippen LogP contribution in [-0.2, 0) is 0 Å². The Bertz CT molecular complexity index is 874. The van der Waals surface area contributed by atoms with E-state index in [2.05, 4.69) is 36.4 Å². The first-order valence-electron chi connectivity index (χ1n) is 8.25. The summed E-state index contributed by atoms with van der Waals surface area (Å²) in [7, 11) is 0. The second kappa shape index (κ2) is 9.09. The highest BCUT2D eigenvalue weighted by Gasteiger charge is 2.02. The Kier molecular flexibility index (Phi) is 6.08. The maximum absolute atomic E-state index is 13.1. The summed E-state index contributed by atoms with van der Waals surface area (Å²) < 4.78 is 13.1. The van der Waals surface area contributed by atoms with Crippen molar-refractivity contribution in [3.8, 4) is 0 Å². The first-order chi connectivity index (χ1) is 13.2. The van der Waals surface area contributed by atoms with Gasteiger partial charge < -0.3 is 21.3 Å². The first kappa shape index (κ1) is 18.1. The van der Waals surface area contributed by atoms with Crippen molar-refractivity contribution in [3.63, 3.8) is 0 Å². The molecule has 9 heteroatoms. The molecule has 138 valence electrons. The third-order valence-corrected chi connectivity index (χ3v) is 3.38. The van der Waals surface area contributed by atoms with Crippen LogP contribution in [0.1, 0.15) is 0 Å². The largest absolute Gasteiger partial charge is 0.367 e. The van der Waals surface area contributed by atoms with Crippen LogP contribution in [0.5, 0.6) is 0 Å². The summed E-state index contributed by atoms with van der Waals surface area (Å²) in [4.78, 5) is 15.9. The van der Waals surface area contributed by atoms with Crippen LogP contribution < -0.4 is 21.3 Å². The molecular formula is C18H18FN7O. The minimum atomic E-state index is -0.414. The lowest BCUT2D eigenvalue weighted by Crippen LogP contribution is -2.32. The van der Waals surface area contributed by atoms with Crippen LogP contribution in [0.4, 0.5) is 32.3 Å². The molecule has 0 saturated carbocycles. The van der Waals surface area contributed by atoms with Crippen molar-refractivity contribution in [3.05, 3.63) is 66.6 Å². The Morgan fingerprint density at radius 1 is 0.926 bits per heavy atom. The topological polar surface area (TPSA) is 104 Å². The summed E-state index contributed by atoms with van der Waals surface area (Å²) in [6.45, 7) is 0.815. The molecule has 0 aliphatic rings. The van der Waals surface area contributed by atoms with Gasteiger partial charge in [0.2, 0.25) is 0 Å². The number of nitrogens with one attached hydrogen (secondary N) is 4. The van der Waals surface area contributed by atoms with Gasteiger partial charge in [-0.2, -0.15) is 0 Å². The lowest BCUT2D eigenvalue weighted by molar-refractivity contribution is 0.252. The molecule has 0 unspecified atom stereocenters. The van der Waals surface area contributed by atoms with E-state index in [4.69, 9.17) is 0 Å². The molecule has 0 saturated heterocycles. The van der Waals surface area contributed by atoms with Crippen LogP contribution >= 0.6 is 0 Å². The number of anilines is 4. The number of carbonyl (C=O) groups excluding carboxylic acids is 1. The van der Waals surface area contributed by atoms with Crippen molar-refractivity contribution < 1.29 is 9.18 Å². The summed E-state index contributed by atoms with van der Waals surface area (Å²) in [5.41, 5.74) is 0.391. The standard InChI is InChI=1S/C18H18FN7O/c19-13-4-3-5-14(12-13)23-18(27)22-11-10-21-16-7-8-17(26-25-16)24-15-6-1-2-9-20-15/h1-9,12H,10-11H2,(H,21,25)(H,20,24,26)(H2,22,23,27). The van der Waals surface area contributed by atoms with E-state index in [-0.39, 0.29) is 0 Å². The number of pyridine rings is 1. The molecule has 0 aliphatic carbocycles. The Balaban J connectivity index is 1.38. The van der Waals surface area contributed by atoms with E-state index >= 15 is 0 Å². The predicted molar refractivity (Wildman–Crippen MR) is 101 cm³/mol. The molecule has 0 spiro atoms. The summed E-state index contributed by atoms with van der Waals surface area (Å²) in [6.07, 6.45) is 1.68. The molecule has 0 atom stereocenters. The highest BCUT2D eigenvalue weighted by atomic mass is 19.1. The second-order valence-corrected chi connectivity index (χ2v) is 5.46. The molecule has 3 rings (SSSR count). The minimum Gasteiger partial charge on any atom is -0.367 e. The number of hydrogen-bond acceptors (Lipinski definition) is 6. The number of carbonyl (C=O) groups is 1. The zero-order valence-electron chi connectivity index (χ0n) is 14.3. The fraction of sp³-hybridized carbons (Fsp3) is 0.111. The van der Waals surface area contributed by atoms with Crippen LogP contribution in [0, 0.1) is 5.82 Å². The van der Waals surface area contributed by atoms with E-state index in [1.54, 1.807) is 24.4 Å². The zero-order chi connectivity index (χ0) is 18.9. The Labute approximate surface area is 155 Å². The summed E-state index contributed by atoms with van der Waals surface area (Å²) in [5.74, 6) is 1.43. The van der Waals surface area contributed by atoms with Crippen LogP contribution in [-0.4, -0.2) is 34.3 Å². The van der Waals surface area contributed by atoms with E-state index in [1.165, 1.54) is 18.2 Å². The molecule has 4 N–H and O–H groups in total. The van der Waals surface area contributed by atoms with E-state index in [0.717, 1.165) is 0 Å². The molecule has 27 heavy (non-hydrogen) atoms. The Morgan fingerprint density at radius 3 is 2.52 bits per heavy atom. The summed E-state index contributed by atoms with van der Waals surface area (Å²) in [5, 5.41) is 19.4. The Morgan fingerprint density at radius 2 is 1.78 bits per heavy atom. The number of aromatic nitrogens is 3. The lowest BCUT2D eigenvalue weighted by Gasteiger charge is -2.09. The molecule has 0 fully saturated rings. The molecule has 2 heterocycles. The molecule has 8 nitrogen and oxygen atoms in total. The summed E-state index contributed by atoms with van der Waals surface area (Å²) in [6, 6.07) is 14.3. The van der Waals surface area contributed by atoms with Crippen molar-refractivity contribution in [1.29, 1.82) is 0 Å². The lowest BCUT2D eigenvalue weighted by atomic mass is 10.3. The number of benzene rings is 1. The number of rotatable bonds is 7. The van der Waals surface area contributed by atoms with Crippen molar-refractivity contribution >= 4 is 29.2 Å². The minimum absolute atomic E-state index is 0.358. The van der Waals surface area contributed by atoms with Gasteiger partial charge in [-0.1, -0.05) is 12.1 Å². The number of amides is 2. The number of urea groups is 1. The molecule has 2 aromatic heterocycles. The van der Waals surface area contributed by atoms with Crippen molar-refractivity contribution in [2.24, 2.45) is 0 Å². The van der Waals surface area contributed by atoms with Gasteiger partial charge in [0.15, 0.2) is 5.82 Å². The van der Waals surface area contributed by atoms with Crippen molar-refractivity contribution in [1.82, 2.24) is 20.5 Å². The molecule has 0 bridgehead atoms. The third-order valence-electron chi connectivity index (χ3n) is 3.38. The quantitative estimate of drug-likeness (QED) is 0.479. The molecule has 0 aliphatic heterocycles. The second-order valence-electron chi connectivity index (χ2n) is 5.46. The molecule has 1 aromatic carbocycles. The van der Waals surface area contributed by atoms with E-state index in [1.807, 2.05) is 18.2 Å². The van der Waals surface area contributed by atoms with Gasteiger partial charge in [0.25, 0.3) is 0 Å². The van der Waals surface area contributed by atoms with Gasteiger partial charge in [0.1, 0.15) is 17.5 Å². The number of halogens is 1. The van der Waals surface area contributed by atoms with Crippen molar-refractivity contribution in [2.75, 3.05) is 29.0 Å². The monoisotopic (exact) mass is 367 g/mol. The third kappa shape index (κ3) is 5.92. The first-order valence-corrected chi connectivity index (χ1v) is 8.25. The van der Waals surface area contributed by atoms with Gasteiger partial charge in [0.05, 0.1) is 0 Å². The van der Waals surface area contributed by atoms with Crippen LogP contribution in [0.2, 0.25) is 0 Å². The fourth-order valence-electron chi connectivity index (χ4n) is 2.17. The average molecular weight is 367 g/mol. The Hall–Kier alpha value is -3.75. The van der Waals surface area contributed by atoms with Gasteiger partial charge in [0, 0.05) is 25.0 Å². The highest BCUT2D eigenvalue weighted by molar-refractivity contribution is 5.89. The maximum atomic E-state index is 13.1. The van der Waals surface area contributed by atoms with Gasteiger partial charge >= 0.3 is 6.03 Å². The molecule has 2 amide bonds. The van der Waals surface area contributed by atoms with Gasteiger partial charge in [-0.25, -0.2) is 14.2 Å². The molecular weight excluding hydrogens is 349 g/mol. The predicted octanol–water partition coefficient (Wildman–Crippen LogP) is 2.99. The highest BCUT2D eigenvalue weighted by Crippen LogP contribution is 2.11. The van der Waals surface area contributed by atoms with Crippen molar-refractivity contribution in [2.45, 2.75) is 0 Å². The SMILES string of the molecule is O=C(NCCNc1ccc(Nc2ccccn2)nn1)Nc1cccc(F)c1. The van der Waals surface area contributed by atoms with Crippen LogP contribution in [0.15, 0.2) is 60.8 Å². The normalized spacial score (nSPS) is 10.1. The van der Waals surface area contributed by atoms with Crippen LogP contribution in [0.3, 0.4) is 0 Å². The summed E-state index contributed by atoms with van der Waals surface area (Å²) >= 11 is 0. The fourth-order valence-corrected chi connectivity index (χ4v) is 2.17. The van der Waals surface area contributed by atoms with Gasteiger partial charge in [-0.3, -0.25) is 0 Å². The van der Waals surface area contributed by atoms with Crippen LogP contribution in [0.25, 0.3) is 0 Å². The zero-order valence-corrected chi connectivity index (χ0v) is 14.3. The number of nitrogens with zero attached hydrogens (tertiary/aromatic N) is 3. The molecule has 3 aromatic rings. The van der Waals surface area contributed by atoms with Gasteiger partial charge in [-0.05, 0) is 42.5 Å². The van der Waals surface area contributed by atoms with E-state index in [9.17, 15) is 9.18 Å². The average Bonchev–Trinajstić information content (AvgIpc) is 2.67. The van der Waals surface area contributed by atoms with Gasteiger partial charge in [-0.15, -0.1) is 10.2 Å².